The molecule has 2 N–H and O–H groups in total. The van der Waals surface area contributed by atoms with Crippen LogP contribution in [0.5, 0.6) is 5.75 Å². The lowest BCUT2D eigenvalue weighted by atomic mass is 9.81. The van der Waals surface area contributed by atoms with Crippen LogP contribution in [0, 0.1) is 11.7 Å². The van der Waals surface area contributed by atoms with Gasteiger partial charge in [-0.25, -0.2) is 4.39 Å². The monoisotopic (exact) mass is 473 g/mol. The highest BCUT2D eigenvalue weighted by molar-refractivity contribution is 7.15. The average Bonchev–Trinajstić information content (AvgIpc) is 3.33. The molecule has 6 heteroatoms. The third-order valence-corrected chi connectivity index (χ3v) is 7.51. The molecule has 1 fully saturated rings. The molecule has 2 heterocycles. The topological polar surface area (TPSA) is 60.8 Å². The first kappa shape index (κ1) is 22.3. The van der Waals surface area contributed by atoms with Gasteiger partial charge in [-0.3, -0.25) is 4.79 Å². The number of aromatic hydroxyl groups is 1. The maximum atomic E-state index is 13.2. The molecule has 1 saturated heterocycles. The Labute approximate surface area is 201 Å². The van der Waals surface area contributed by atoms with Gasteiger partial charge in [0.1, 0.15) is 11.6 Å². The van der Waals surface area contributed by atoms with Crippen molar-refractivity contribution in [1.29, 1.82) is 0 Å². The predicted octanol–water partition coefficient (Wildman–Crippen LogP) is 6.48. The van der Waals surface area contributed by atoms with E-state index in [2.05, 4.69) is 0 Å². The van der Waals surface area contributed by atoms with Crippen molar-refractivity contribution >= 4 is 22.9 Å². The van der Waals surface area contributed by atoms with Crippen molar-refractivity contribution < 1.29 is 19.4 Å². The molecule has 1 aliphatic rings. The molecular weight excluding hydrogens is 449 g/mol. The SMILES string of the molecule is O=C1C(CCC(O)c2ccc(F)cc2)C(c2ccc(-c3cccc(O)c3)s2)N1c1ccccc1. The molecule has 1 amide bonds. The summed E-state index contributed by atoms with van der Waals surface area (Å²) in [4.78, 5) is 17.1. The highest BCUT2D eigenvalue weighted by Gasteiger charge is 2.49. The fourth-order valence-corrected chi connectivity index (χ4v) is 5.71. The van der Waals surface area contributed by atoms with Gasteiger partial charge in [0.2, 0.25) is 5.91 Å². The number of amides is 1. The first-order valence-corrected chi connectivity index (χ1v) is 12.0. The minimum Gasteiger partial charge on any atom is -0.508 e. The Morgan fingerprint density at radius 2 is 1.71 bits per heavy atom. The molecule has 0 radical (unpaired) electrons. The van der Waals surface area contributed by atoms with Crippen LogP contribution in [-0.4, -0.2) is 16.1 Å². The van der Waals surface area contributed by atoms with E-state index in [9.17, 15) is 19.4 Å². The zero-order valence-electron chi connectivity index (χ0n) is 18.3. The van der Waals surface area contributed by atoms with Gasteiger partial charge in [-0.05, 0) is 72.5 Å². The molecule has 172 valence electrons. The van der Waals surface area contributed by atoms with Crippen LogP contribution in [0.25, 0.3) is 10.4 Å². The summed E-state index contributed by atoms with van der Waals surface area (Å²) in [6.07, 6.45) is 0.169. The molecule has 3 atom stereocenters. The number of rotatable bonds is 7. The summed E-state index contributed by atoms with van der Waals surface area (Å²) < 4.78 is 13.2. The zero-order chi connectivity index (χ0) is 23.7. The van der Waals surface area contributed by atoms with Crippen LogP contribution in [0.4, 0.5) is 10.1 Å². The molecule has 5 rings (SSSR count). The Hall–Kier alpha value is -3.48. The van der Waals surface area contributed by atoms with E-state index in [-0.39, 0.29) is 29.4 Å². The first-order chi connectivity index (χ1) is 16.5. The summed E-state index contributed by atoms with van der Waals surface area (Å²) in [5, 5.41) is 20.5. The van der Waals surface area contributed by atoms with Crippen LogP contribution >= 0.6 is 11.3 Å². The third-order valence-electron chi connectivity index (χ3n) is 6.30. The molecular formula is C28H24FNO3S. The summed E-state index contributed by atoms with van der Waals surface area (Å²) in [6.45, 7) is 0. The Kier molecular flexibility index (Phi) is 6.18. The predicted molar refractivity (Wildman–Crippen MR) is 132 cm³/mol. The molecule has 0 bridgehead atoms. The fourth-order valence-electron chi connectivity index (χ4n) is 4.55. The van der Waals surface area contributed by atoms with Crippen LogP contribution in [0.2, 0.25) is 0 Å². The van der Waals surface area contributed by atoms with E-state index in [1.54, 1.807) is 35.6 Å². The number of para-hydroxylation sites is 1. The minimum absolute atomic E-state index is 0.0369. The van der Waals surface area contributed by atoms with Gasteiger partial charge in [0.05, 0.1) is 18.1 Å². The van der Waals surface area contributed by atoms with Gasteiger partial charge >= 0.3 is 0 Å². The van der Waals surface area contributed by atoms with Crippen molar-refractivity contribution in [3.8, 4) is 16.2 Å². The lowest BCUT2D eigenvalue weighted by Gasteiger charge is -2.47. The normalized spacial score (nSPS) is 18.5. The number of thiophene rings is 1. The van der Waals surface area contributed by atoms with Crippen LogP contribution in [0.3, 0.4) is 0 Å². The minimum atomic E-state index is -0.758. The van der Waals surface area contributed by atoms with Gasteiger partial charge in [0.25, 0.3) is 0 Å². The molecule has 34 heavy (non-hydrogen) atoms. The summed E-state index contributed by atoms with van der Waals surface area (Å²) in [5.74, 6) is -0.352. The van der Waals surface area contributed by atoms with Crippen molar-refractivity contribution in [2.24, 2.45) is 5.92 Å². The van der Waals surface area contributed by atoms with Gasteiger partial charge in [-0.1, -0.05) is 42.5 Å². The maximum absolute atomic E-state index is 13.2. The lowest BCUT2D eigenvalue weighted by Crippen LogP contribution is -2.55. The summed E-state index contributed by atoms with van der Waals surface area (Å²) >= 11 is 1.61. The Balaban J connectivity index is 1.40. The van der Waals surface area contributed by atoms with Gasteiger partial charge in [-0.2, -0.15) is 0 Å². The number of carbonyl (C=O) groups is 1. The molecule has 0 spiro atoms. The summed E-state index contributed by atoms with van der Waals surface area (Å²) in [6, 6.07) is 26.5. The Bertz CT molecular complexity index is 1290. The maximum Gasteiger partial charge on any atom is 0.233 e. The third kappa shape index (κ3) is 4.34. The van der Waals surface area contributed by atoms with E-state index in [0.29, 0.717) is 18.4 Å². The number of hydrogen-bond acceptors (Lipinski definition) is 4. The van der Waals surface area contributed by atoms with Gasteiger partial charge in [0, 0.05) is 15.4 Å². The lowest BCUT2D eigenvalue weighted by molar-refractivity contribution is -0.130. The number of hydrogen-bond donors (Lipinski definition) is 2. The van der Waals surface area contributed by atoms with E-state index in [4.69, 9.17) is 0 Å². The molecule has 3 aromatic carbocycles. The quantitative estimate of drug-likeness (QED) is 0.302. The smallest absolute Gasteiger partial charge is 0.233 e. The van der Waals surface area contributed by atoms with Crippen LogP contribution in [0.1, 0.15) is 35.4 Å². The van der Waals surface area contributed by atoms with Gasteiger partial charge in [0.15, 0.2) is 0 Å². The Morgan fingerprint density at radius 1 is 0.941 bits per heavy atom. The zero-order valence-corrected chi connectivity index (χ0v) is 19.2. The van der Waals surface area contributed by atoms with Crippen molar-refractivity contribution in [2.75, 3.05) is 4.90 Å². The van der Waals surface area contributed by atoms with E-state index in [0.717, 1.165) is 21.0 Å². The van der Waals surface area contributed by atoms with Crippen molar-refractivity contribution in [1.82, 2.24) is 0 Å². The number of carbonyl (C=O) groups excluding carboxylic acids is 1. The highest BCUT2D eigenvalue weighted by atomic mass is 32.1. The van der Waals surface area contributed by atoms with Crippen LogP contribution in [0.15, 0.2) is 91.0 Å². The van der Waals surface area contributed by atoms with Crippen molar-refractivity contribution in [3.05, 3.63) is 107 Å². The number of phenols is 1. The second kappa shape index (κ2) is 9.41. The Morgan fingerprint density at radius 3 is 2.44 bits per heavy atom. The number of nitrogens with zero attached hydrogens (tertiary/aromatic N) is 1. The number of anilines is 1. The van der Waals surface area contributed by atoms with E-state index in [1.807, 2.05) is 59.5 Å². The van der Waals surface area contributed by atoms with Crippen LogP contribution in [-0.2, 0) is 4.79 Å². The fraction of sp³-hybridized carbons (Fsp3) is 0.179. The molecule has 0 saturated carbocycles. The number of β-lactam (4-membered cyclic amide) rings is 1. The van der Waals surface area contributed by atoms with E-state index < -0.39 is 6.10 Å². The summed E-state index contributed by atoms with van der Waals surface area (Å²) in [7, 11) is 0. The molecule has 0 aliphatic carbocycles. The largest absolute Gasteiger partial charge is 0.508 e. The van der Waals surface area contributed by atoms with Crippen molar-refractivity contribution in [2.45, 2.75) is 25.0 Å². The summed E-state index contributed by atoms with van der Waals surface area (Å²) in [5.41, 5.74) is 2.42. The number of phenolic OH excluding ortho intramolecular Hbond substituents is 1. The van der Waals surface area contributed by atoms with Crippen molar-refractivity contribution in [3.63, 3.8) is 0 Å². The van der Waals surface area contributed by atoms with Gasteiger partial charge in [-0.15, -0.1) is 11.3 Å². The van der Waals surface area contributed by atoms with E-state index >= 15 is 0 Å². The number of halogens is 1. The molecule has 1 aliphatic heterocycles. The molecule has 3 unspecified atom stereocenters. The highest BCUT2D eigenvalue weighted by Crippen LogP contribution is 2.49. The average molecular weight is 474 g/mol. The molecule has 4 nitrogen and oxygen atoms in total. The van der Waals surface area contributed by atoms with Gasteiger partial charge < -0.3 is 15.1 Å². The number of aliphatic hydroxyl groups is 1. The second-order valence-corrected chi connectivity index (χ2v) is 9.61. The van der Waals surface area contributed by atoms with Crippen LogP contribution < -0.4 is 4.90 Å². The standard InChI is InChI=1S/C28H24FNO3S/c29-20-11-9-18(10-12-20)24(32)14-13-23-27(30(28(23)33)21-6-2-1-3-7-21)26-16-15-25(34-26)19-5-4-8-22(31)17-19/h1-12,15-17,23-24,27,31-32H,13-14H2. The first-order valence-electron chi connectivity index (χ1n) is 11.2. The number of benzene rings is 3. The number of aliphatic hydroxyl groups excluding tert-OH is 1. The molecule has 1 aromatic heterocycles. The van der Waals surface area contributed by atoms with E-state index in [1.165, 1.54) is 12.1 Å². The second-order valence-electron chi connectivity index (χ2n) is 8.49. The molecule has 4 aromatic rings.